The van der Waals surface area contributed by atoms with Gasteiger partial charge in [-0.15, -0.1) is 0 Å². The topological polar surface area (TPSA) is 84.1 Å². The van der Waals surface area contributed by atoms with Crippen molar-refractivity contribution in [2.24, 2.45) is 0 Å². The third-order valence-electron chi connectivity index (χ3n) is 6.11. The molecule has 0 aliphatic rings. The van der Waals surface area contributed by atoms with E-state index in [1.807, 2.05) is 54.8 Å². The molecule has 0 amide bonds. The van der Waals surface area contributed by atoms with Gasteiger partial charge in [-0.1, -0.05) is 19.1 Å². The number of aromatic nitrogens is 5. The van der Waals surface area contributed by atoms with Crippen LogP contribution in [0.25, 0.3) is 38.9 Å². The van der Waals surface area contributed by atoms with Crippen LogP contribution in [-0.4, -0.2) is 38.3 Å². The third kappa shape index (κ3) is 3.21. The Labute approximate surface area is 190 Å². The van der Waals surface area contributed by atoms with Gasteiger partial charge in [0, 0.05) is 24.2 Å². The van der Waals surface area contributed by atoms with E-state index in [4.69, 9.17) is 24.4 Å². The van der Waals surface area contributed by atoms with Gasteiger partial charge in [-0.2, -0.15) is 0 Å². The number of fused-ring (bicyclic) bond motifs is 4. The van der Waals surface area contributed by atoms with E-state index in [-0.39, 0.29) is 11.6 Å². The summed E-state index contributed by atoms with van der Waals surface area (Å²) in [4.78, 5) is 28.4. The third-order valence-corrected chi connectivity index (χ3v) is 6.11. The van der Waals surface area contributed by atoms with Crippen LogP contribution in [0.3, 0.4) is 0 Å². The summed E-state index contributed by atoms with van der Waals surface area (Å²) in [6, 6.07) is 13.2. The second kappa shape index (κ2) is 7.88. The predicted octanol–water partition coefficient (Wildman–Crippen LogP) is 4.58. The number of aryl methyl sites for hydroxylation is 1. The molecule has 0 N–H and O–H groups in total. The zero-order valence-electron chi connectivity index (χ0n) is 19.3. The number of nitrogens with zero attached hydrogens (tertiary/aromatic N) is 5. The van der Waals surface area contributed by atoms with E-state index in [1.54, 1.807) is 24.9 Å². The lowest BCUT2D eigenvalue weighted by atomic mass is 10.2. The number of rotatable bonds is 5. The summed E-state index contributed by atoms with van der Waals surface area (Å²) in [6.07, 6.45) is 0.814. The van der Waals surface area contributed by atoms with Crippen molar-refractivity contribution in [1.29, 1.82) is 0 Å². The highest BCUT2D eigenvalue weighted by Gasteiger charge is 2.24. The van der Waals surface area contributed by atoms with Crippen LogP contribution >= 0.6 is 0 Å². The minimum absolute atomic E-state index is 0.0122. The number of benzene rings is 2. The van der Waals surface area contributed by atoms with Crippen molar-refractivity contribution in [2.75, 3.05) is 14.2 Å². The summed E-state index contributed by atoms with van der Waals surface area (Å²) >= 11 is 0. The van der Waals surface area contributed by atoms with Crippen molar-refractivity contribution >= 4 is 33.2 Å². The number of hydrogen-bond donors (Lipinski definition) is 0. The molecule has 0 aliphatic carbocycles. The molecule has 0 saturated heterocycles. The van der Waals surface area contributed by atoms with Crippen LogP contribution in [0.4, 0.5) is 0 Å². The largest absolute Gasteiger partial charge is 0.497 e. The molecule has 8 nitrogen and oxygen atoms in total. The predicted molar refractivity (Wildman–Crippen MR) is 129 cm³/mol. The average molecular weight is 444 g/mol. The Morgan fingerprint density at radius 2 is 1.58 bits per heavy atom. The minimum Gasteiger partial charge on any atom is -0.497 e. The molecule has 2 aromatic carbocycles. The number of hydrogen-bond acceptors (Lipinski definition) is 6. The van der Waals surface area contributed by atoms with Gasteiger partial charge >= 0.3 is 0 Å². The highest BCUT2D eigenvalue weighted by Crippen LogP contribution is 2.32. The van der Waals surface area contributed by atoms with Gasteiger partial charge in [0.25, 0.3) is 5.56 Å². The monoisotopic (exact) mass is 443 g/mol. The molecule has 0 fully saturated rings. The fourth-order valence-electron chi connectivity index (χ4n) is 4.28. The molecule has 1 unspecified atom stereocenters. The van der Waals surface area contributed by atoms with Gasteiger partial charge in [0.15, 0.2) is 11.3 Å². The molecule has 0 aliphatic heterocycles. The number of methoxy groups -OCH3 is 2. The van der Waals surface area contributed by atoms with Crippen LogP contribution in [0, 0.1) is 6.92 Å². The zero-order valence-corrected chi connectivity index (χ0v) is 19.3. The first-order chi connectivity index (χ1) is 16.0. The lowest BCUT2D eigenvalue weighted by Crippen LogP contribution is -2.26. The Morgan fingerprint density at radius 3 is 2.18 bits per heavy atom. The van der Waals surface area contributed by atoms with E-state index in [9.17, 15) is 4.79 Å². The molecule has 3 aromatic heterocycles. The maximum atomic E-state index is 13.8. The van der Waals surface area contributed by atoms with Gasteiger partial charge in [-0.25, -0.2) is 15.0 Å². The van der Waals surface area contributed by atoms with Crippen LogP contribution in [0.15, 0.2) is 47.3 Å². The maximum Gasteiger partial charge on any atom is 0.265 e. The molecule has 0 bridgehead atoms. The zero-order chi connectivity index (χ0) is 23.3. The quantitative estimate of drug-likeness (QED) is 0.395. The van der Waals surface area contributed by atoms with E-state index in [0.29, 0.717) is 39.5 Å². The molecule has 0 saturated carbocycles. The van der Waals surface area contributed by atoms with E-state index >= 15 is 0 Å². The molecule has 0 radical (unpaired) electrons. The molecular weight excluding hydrogens is 418 g/mol. The van der Waals surface area contributed by atoms with Gasteiger partial charge in [-0.3, -0.25) is 13.9 Å². The molecule has 5 rings (SSSR count). The van der Waals surface area contributed by atoms with Gasteiger partial charge < -0.3 is 9.47 Å². The second-order valence-corrected chi connectivity index (χ2v) is 8.08. The van der Waals surface area contributed by atoms with Crippen LogP contribution < -0.4 is 15.0 Å². The Morgan fingerprint density at radius 1 is 0.939 bits per heavy atom. The lowest BCUT2D eigenvalue weighted by molar-refractivity contribution is 0.394. The van der Waals surface area contributed by atoms with Crippen molar-refractivity contribution < 1.29 is 9.47 Å². The van der Waals surface area contributed by atoms with Crippen LogP contribution in [0.2, 0.25) is 0 Å². The average Bonchev–Trinajstić information content (AvgIpc) is 3.14. The highest BCUT2D eigenvalue weighted by atomic mass is 16.5. The van der Waals surface area contributed by atoms with Crippen molar-refractivity contribution in [3.05, 3.63) is 58.6 Å². The SMILES string of the molecule is CCC(C)n1c(C)nc2c(c1=O)c1nc3ccccc3nc1n2-c1cc(OC)cc(OC)c1. The molecule has 168 valence electrons. The van der Waals surface area contributed by atoms with Gasteiger partial charge in [0.2, 0.25) is 0 Å². The number of ether oxygens (including phenoxy) is 2. The van der Waals surface area contributed by atoms with Crippen LogP contribution in [0.5, 0.6) is 11.5 Å². The summed E-state index contributed by atoms with van der Waals surface area (Å²) in [5.74, 6) is 1.89. The normalized spacial score (nSPS) is 12.5. The Kier molecular flexibility index (Phi) is 5.00. The fraction of sp³-hybridized carbons (Fsp3) is 0.280. The Bertz CT molecular complexity index is 1560. The molecule has 8 heteroatoms. The maximum absolute atomic E-state index is 13.8. The Hall–Kier alpha value is -3.94. The summed E-state index contributed by atoms with van der Waals surface area (Å²) in [5.41, 5.74) is 3.67. The van der Waals surface area contributed by atoms with Gasteiger partial charge in [-0.05, 0) is 32.4 Å². The van der Waals surface area contributed by atoms with Crippen molar-refractivity contribution in [1.82, 2.24) is 24.1 Å². The Balaban J connectivity index is 2.00. The first-order valence-corrected chi connectivity index (χ1v) is 10.9. The van der Waals surface area contributed by atoms with Gasteiger partial charge in [0.1, 0.15) is 28.2 Å². The van der Waals surface area contributed by atoms with E-state index < -0.39 is 0 Å². The number of para-hydroxylation sites is 2. The molecule has 33 heavy (non-hydrogen) atoms. The first kappa shape index (κ1) is 20.9. The molecule has 1 atom stereocenters. The molecule has 3 heterocycles. The first-order valence-electron chi connectivity index (χ1n) is 10.9. The molecule has 5 aromatic rings. The minimum atomic E-state index is -0.116. The van der Waals surface area contributed by atoms with E-state index in [1.165, 1.54) is 0 Å². The van der Waals surface area contributed by atoms with Crippen LogP contribution in [-0.2, 0) is 0 Å². The van der Waals surface area contributed by atoms with Crippen molar-refractivity contribution in [3.63, 3.8) is 0 Å². The smallest absolute Gasteiger partial charge is 0.265 e. The fourth-order valence-corrected chi connectivity index (χ4v) is 4.28. The summed E-state index contributed by atoms with van der Waals surface area (Å²) in [6.45, 7) is 5.94. The summed E-state index contributed by atoms with van der Waals surface area (Å²) in [5, 5.41) is 0.455. The van der Waals surface area contributed by atoms with Crippen molar-refractivity contribution in [2.45, 2.75) is 33.2 Å². The van der Waals surface area contributed by atoms with Gasteiger partial charge in [0.05, 0.1) is 30.9 Å². The molecular formula is C25H25N5O3. The summed E-state index contributed by atoms with van der Waals surface area (Å²) < 4.78 is 14.6. The highest BCUT2D eigenvalue weighted by molar-refractivity contribution is 6.05. The van der Waals surface area contributed by atoms with E-state index in [2.05, 4.69) is 6.92 Å². The van der Waals surface area contributed by atoms with Crippen LogP contribution in [0.1, 0.15) is 32.1 Å². The second-order valence-electron chi connectivity index (χ2n) is 8.08. The summed E-state index contributed by atoms with van der Waals surface area (Å²) in [7, 11) is 3.20. The standard InChI is InChI=1S/C25H25N5O3/c1-6-14(2)29-15(3)26-23-21(25(29)31)22-24(28-20-10-8-7-9-19(20)27-22)30(23)16-11-17(32-4)13-18(12-16)33-5/h7-14H,6H2,1-5H3. The molecule has 0 spiro atoms. The van der Waals surface area contributed by atoms with Crippen molar-refractivity contribution in [3.8, 4) is 17.2 Å². The van der Waals surface area contributed by atoms with E-state index in [0.717, 1.165) is 23.1 Å². The lowest BCUT2D eigenvalue weighted by Gasteiger charge is -2.16.